The van der Waals surface area contributed by atoms with Crippen molar-refractivity contribution >= 4 is 5.97 Å². The van der Waals surface area contributed by atoms with E-state index >= 15 is 0 Å². The van der Waals surface area contributed by atoms with Crippen LogP contribution in [0.5, 0.6) is 0 Å². The lowest BCUT2D eigenvalue weighted by Crippen LogP contribution is -2.51. The summed E-state index contributed by atoms with van der Waals surface area (Å²) < 4.78 is 5.20. The summed E-state index contributed by atoms with van der Waals surface area (Å²) >= 11 is 0. The first-order valence-electron chi connectivity index (χ1n) is 7.79. The molecule has 5 heteroatoms. The van der Waals surface area contributed by atoms with Gasteiger partial charge in [0, 0.05) is 25.2 Å². The van der Waals surface area contributed by atoms with Gasteiger partial charge in [0.25, 0.3) is 0 Å². The molecule has 1 saturated carbocycles. The van der Waals surface area contributed by atoms with Crippen molar-refractivity contribution in [3.05, 3.63) is 0 Å². The maximum absolute atomic E-state index is 12.1. The van der Waals surface area contributed by atoms with Gasteiger partial charge >= 0.3 is 5.97 Å². The third-order valence-electron chi connectivity index (χ3n) is 3.66. The Labute approximate surface area is 123 Å². The van der Waals surface area contributed by atoms with Gasteiger partial charge in [0.2, 0.25) is 0 Å². The monoisotopic (exact) mass is 285 g/mol. The quantitative estimate of drug-likeness (QED) is 0.605. The highest BCUT2D eigenvalue weighted by Crippen LogP contribution is 2.20. The van der Waals surface area contributed by atoms with E-state index in [1.165, 1.54) is 12.8 Å². The number of ether oxygens (including phenoxy) is 1. The molecule has 1 aliphatic carbocycles. The number of rotatable bonds is 10. The predicted molar refractivity (Wildman–Crippen MR) is 81.8 cm³/mol. The number of hydrogen-bond donors (Lipinski definition) is 1. The lowest BCUT2D eigenvalue weighted by atomic mass is 10.2. The largest absolute Gasteiger partial charge is 0.465 e. The van der Waals surface area contributed by atoms with Crippen molar-refractivity contribution in [2.75, 3.05) is 40.3 Å². The van der Waals surface area contributed by atoms with Crippen molar-refractivity contribution in [1.29, 1.82) is 0 Å². The Morgan fingerprint density at radius 2 is 1.95 bits per heavy atom. The van der Waals surface area contributed by atoms with Crippen LogP contribution in [-0.4, -0.2) is 74.2 Å². The van der Waals surface area contributed by atoms with Gasteiger partial charge in [0.1, 0.15) is 6.04 Å². The van der Waals surface area contributed by atoms with Crippen LogP contribution in [0.25, 0.3) is 0 Å². The Kier molecular flexibility index (Phi) is 7.48. The van der Waals surface area contributed by atoms with E-state index in [-0.39, 0.29) is 12.0 Å². The summed E-state index contributed by atoms with van der Waals surface area (Å²) in [6, 6.07) is 0.729. The minimum absolute atomic E-state index is 0.116. The van der Waals surface area contributed by atoms with Gasteiger partial charge in [-0.1, -0.05) is 6.92 Å². The smallest absolute Gasteiger partial charge is 0.324 e. The van der Waals surface area contributed by atoms with Crippen LogP contribution >= 0.6 is 0 Å². The average molecular weight is 285 g/mol. The molecule has 20 heavy (non-hydrogen) atoms. The zero-order chi connectivity index (χ0) is 15.1. The SMILES string of the molecule is CCOC(=O)C(CN(CC)C(C)CN(C)C)NC1CC1. The van der Waals surface area contributed by atoms with Crippen molar-refractivity contribution < 1.29 is 9.53 Å². The molecule has 0 spiro atoms. The molecule has 0 saturated heterocycles. The molecule has 1 aliphatic rings. The minimum atomic E-state index is -0.202. The molecule has 1 rings (SSSR count). The summed E-state index contributed by atoms with van der Waals surface area (Å²) in [6.07, 6.45) is 2.35. The molecule has 1 N–H and O–H groups in total. The summed E-state index contributed by atoms with van der Waals surface area (Å²) in [6.45, 7) is 9.32. The van der Waals surface area contributed by atoms with Crippen LogP contribution in [0, 0.1) is 0 Å². The van der Waals surface area contributed by atoms with Gasteiger partial charge < -0.3 is 15.0 Å². The molecule has 0 aromatic carbocycles. The maximum Gasteiger partial charge on any atom is 0.324 e. The van der Waals surface area contributed by atoms with Crippen LogP contribution in [0.2, 0.25) is 0 Å². The second kappa shape index (κ2) is 8.60. The molecule has 2 atom stereocenters. The van der Waals surface area contributed by atoms with Crippen LogP contribution in [0.1, 0.15) is 33.6 Å². The Balaban J connectivity index is 2.56. The molecule has 0 aromatic heterocycles. The number of nitrogens with one attached hydrogen (secondary N) is 1. The Morgan fingerprint density at radius 3 is 2.40 bits per heavy atom. The molecular formula is C15H31N3O2. The Hall–Kier alpha value is -0.650. The highest BCUT2D eigenvalue weighted by Gasteiger charge is 2.31. The van der Waals surface area contributed by atoms with Crippen molar-refractivity contribution in [1.82, 2.24) is 15.1 Å². The highest BCUT2D eigenvalue weighted by molar-refractivity contribution is 5.76. The van der Waals surface area contributed by atoms with Gasteiger partial charge in [-0.25, -0.2) is 0 Å². The van der Waals surface area contributed by atoms with Crippen molar-refractivity contribution in [2.45, 2.75) is 51.7 Å². The molecule has 0 aliphatic heterocycles. The first-order chi connectivity index (χ1) is 9.47. The van der Waals surface area contributed by atoms with Gasteiger partial charge in [0.05, 0.1) is 6.61 Å². The van der Waals surface area contributed by atoms with E-state index in [4.69, 9.17) is 4.74 Å². The molecule has 1 fully saturated rings. The number of likely N-dealkylation sites (N-methyl/N-ethyl adjacent to an activating group) is 2. The molecule has 0 bridgehead atoms. The molecule has 0 radical (unpaired) electrons. The molecule has 2 unspecified atom stereocenters. The zero-order valence-electron chi connectivity index (χ0n) is 13.7. The summed E-state index contributed by atoms with van der Waals surface area (Å²) in [5.41, 5.74) is 0. The van der Waals surface area contributed by atoms with E-state index in [0.717, 1.165) is 19.6 Å². The maximum atomic E-state index is 12.1. The summed E-state index contributed by atoms with van der Waals surface area (Å²) in [4.78, 5) is 16.6. The molecule has 0 aromatic rings. The van der Waals surface area contributed by atoms with E-state index in [0.29, 0.717) is 18.7 Å². The van der Waals surface area contributed by atoms with E-state index < -0.39 is 0 Å². The van der Waals surface area contributed by atoms with Crippen molar-refractivity contribution in [3.8, 4) is 0 Å². The van der Waals surface area contributed by atoms with Crippen LogP contribution in [0.3, 0.4) is 0 Å². The van der Waals surface area contributed by atoms with E-state index in [1.807, 2.05) is 6.92 Å². The first-order valence-corrected chi connectivity index (χ1v) is 7.79. The molecule has 0 heterocycles. The van der Waals surface area contributed by atoms with Crippen molar-refractivity contribution in [3.63, 3.8) is 0 Å². The molecule has 0 amide bonds. The number of carbonyl (C=O) groups excluding carboxylic acids is 1. The average Bonchev–Trinajstić information content (AvgIpc) is 3.17. The fourth-order valence-electron chi connectivity index (χ4n) is 2.47. The van der Waals surface area contributed by atoms with Gasteiger partial charge in [-0.05, 0) is 47.3 Å². The van der Waals surface area contributed by atoms with E-state index in [2.05, 4.69) is 43.1 Å². The minimum Gasteiger partial charge on any atom is -0.465 e. The van der Waals surface area contributed by atoms with Crippen molar-refractivity contribution in [2.24, 2.45) is 0 Å². The summed E-state index contributed by atoms with van der Waals surface area (Å²) in [5.74, 6) is -0.116. The summed E-state index contributed by atoms with van der Waals surface area (Å²) in [7, 11) is 4.16. The molecule has 5 nitrogen and oxygen atoms in total. The van der Waals surface area contributed by atoms with Gasteiger partial charge in [-0.15, -0.1) is 0 Å². The topological polar surface area (TPSA) is 44.8 Å². The van der Waals surface area contributed by atoms with Crippen LogP contribution in [0.4, 0.5) is 0 Å². The third kappa shape index (κ3) is 6.20. The lowest BCUT2D eigenvalue weighted by Gasteiger charge is -2.32. The fraction of sp³-hybridized carbons (Fsp3) is 0.933. The molecule has 118 valence electrons. The second-order valence-corrected chi connectivity index (χ2v) is 5.94. The lowest BCUT2D eigenvalue weighted by molar-refractivity contribution is -0.146. The summed E-state index contributed by atoms with van der Waals surface area (Å²) in [5, 5.41) is 3.42. The van der Waals surface area contributed by atoms with Gasteiger partial charge in [0.15, 0.2) is 0 Å². The fourth-order valence-corrected chi connectivity index (χ4v) is 2.47. The Bertz CT molecular complexity index is 293. The number of hydrogen-bond acceptors (Lipinski definition) is 5. The van der Waals surface area contributed by atoms with Gasteiger partial charge in [-0.2, -0.15) is 0 Å². The van der Waals surface area contributed by atoms with Crippen LogP contribution < -0.4 is 5.32 Å². The van der Waals surface area contributed by atoms with Crippen LogP contribution in [-0.2, 0) is 9.53 Å². The number of nitrogens with zero attached hydrogens (tertiary/aromatic N) is 2. The molecular weight excluding hydrogens is 254 g/mol. The zero-order valence-corrected chi connectivity index (χ0v) is 13.7. The number of esters is 1. The predicted octanol–water partition coefficient (Wildman–Crippen LogP) is 0.942. The van der Waals surface area contributed by atoms with E-state index in [9.17, 15) is 4.79 Å². The highest BCUT2D eigenvalue weighted by atomic mass is 16.5. The Morgan fingerprint density at radius 1 is 1.30 bits per heavy atom. The normalized spacial score (nSPS) is 18.4. The number of carbonyl (C=O) groups is 1. The van der Waals surface area contributed by atoms with E-state index in [1.54, 1.807) is 0 Å². The second-order valence-electron chi connectivity index (χ2n) is 5.94. The first kappa shape index (κ1) is 17.4. The van der Waals surface area contributed by atoms with Crippen LogP contribution in [0.15, 0.2) is 0 Å². The van der Waals surface area contributed by atoms with Gasteiger partial charge in [-0.3, -0.25) is 9.69 Å². The standard InChI is InChI=1S/C15H31N3O2/c1-6-18(12(3)10-17(4)5)11-14(15(19)20-7-2)16-13-8-9-13/h12-14,16H,6-11H2,1-5H3. The third-order valence-corrected chi connectivity index (χ3v) is 3.66.